The maximum absolute atomic E-state index is 10.7. The SMILES string of the molecule is O=C(O)c1ccnc(-c2cncc(Br)c2)n1. The summed E-state index contributed by atoms with van der Waals surface area (Å²) in [6, 6.07) is 3.12. The Bertz CT molecular complexity index is 545. The van der Waals surface area contributed by atoms with Crippen LogP contribution in [-0.4, -0.2) is 26.0 Å². The summed E-state index contributed by atoms with van der Waals surface area (Å²) >= 11 is 3.27. The molecule has 1 N–H and O–H groups in total. The fraction of sp³-hybridized carbons (Fsp3) is 0. The number of rotatable bonds is 2. The Balaban J connectivity index is 2.48. The van der Waals surface area contributed by atoms with E-state index in [1.54, 1.807) is 18.5 Å². The third-order valence-corrected chi connectivity index (χ3v) is 2.27. The lowest BCUT2D eigenvalue weighted by molar-refractivity contribution is 0.0690. The summed E-state index contributed by atoms with van der Waals surface area (Å²) in [4.78, 5) is 22.6. The third kappa shape index (κ3) is 2.22. The van der Waals surface area contributed by atoms with E-state index in [0.717, 1.165) is 4.47 Å². The lowest BCUT2D eigenvalue weighted by atomic mass is 10.2. The first-order valence-corrected chi connectivity index (χ1v) is 5.13. The molecule has 2 heterocycles. The van der Waals surface area contributed by atoms with Crippen molar-refractivity contribution in [3.05, 3.63) is 40.9 Å². The van der Waals surface area contributed by atoms with Crippen molar-refractivity contribution in [3.63, 3.8) is 0 Å². The van der Waals surface area contributed by atoms with Gasteiger partial charge < -0.3 is 5.11 Å². The Morgan fingerprint density at radius 1 is 1.38 bits per heavy atom. The molecule has 0 unspecified atom stereocenters. The maximum Gasteiger partial charge on any atom is 0.354 e. The van der Waals surface area contributed by atoms with E-state index in [1.807, 2.05) is 0 Å². The number of aromatic nitrogens is 3. The summed E-state index contributed by atoms with van der Waals surface area (Å²) in [7, 11) is 0. The minimum atomic E-state index is -1.08. The second kappa shape index (κ2) is 4.36. The first kappa shape index (κ1) is 10.7. The normalized spacial score (nSPS) is 10.1. The largest absolute Gasteiger partial charge is 0.477 e. The van der Waals surface area contributed by atoms with Crippen LogP contribution in [0.15, 0.2) is 35.2 Å². The van der Waals surface area contributed by atoms with E-state index in [4.69, 9.17) is 5.11 Å². The van der Waals surface area contributed by atoms with Crippen molar-refractivity contribution < 1.29 is 9.90 Å². The summed E-state index contributed by atoms with van der Waals surface area (Å²) in [6.45, 7) is 0. The molecule has 0 fully saturated rings. The van der Waals surface area contributed by atoms with Gasteiger partial charge in [-0.25, -0.2) is 14.8 Å². The monoisotopic (exact) mass is 279 g/mol. The van der Waals surface area contributed by atoms with Crippen LogP contribution in [0.1, 0.15) is 10.5 Å². The van der Waals surface area contributed by atoms with Crippen molar-refractivity contribution in [3.8, 4) is 11.4 Å². The Morgan fingerprint density at radius 3 is 2.88 bits per heavy atom. The van der Waals surface area contributed by atoms with Crippen LogP contribution in [0, 0.1) is 0 Å². The quantitative estimate of drug-likeness (QED) is 0.910. The molecule has 16 heavy (non-hydrogen) atoms. The van der Waals surface area contributed by atoms with Gasteiger partial charge >= 0.3 is 5.97 Å². The number of halogens is 1. The first-order chi connectivity index (χ1) is 7.66. The van der Waals surface area contributed by atoms with E-state index in [-0.39, 0.29) is 5.69 Å². The zero-order chi connectivity index (χ0) is 11.5. The summed E-state index contributed by atoms with van der Waals surface area (Å²) in [5, 5.41) is 8.80. The number of nitrogens with zero attached hydrogens (tertiary/aromatic N) is 3. The lowest BCUT2D eigenvalue weighted by Gasteiger charge is -2.00. The van der Waals surface area contributed by atoms with E-state index in [1.165, 1.54) is 12.3 Å². The molecule has 0 saturated heterocycles. The van der Waals surface area contributed by atoms with Crippen LogP contribution in [0.25, 0.3) is 11.4 Å². The molecule has 0 amide bonds. The van der Waals surface area contributed by atoms with Crippen molar-refractivity contribution in [2.75, 3.05) is 0 Å². The topological polar surface area (TPSA) is 76.0 Å². The van der Waals surface area contributed by atoms with E-state index >= 15 is 0 Å². The van der Waals surface area contributed by atoms with Gasteiger partial charge in [-0.3, -0.25) is 4.98 Å². The van der Waals surface area contributed by atoms with Crippen molar-refractivity contribution in [2.24, 2.45) is 0 Å². The van der Waals surface area contributed by atoms with Gasteiger partial charge in [-0.2, -0.15) is 0 Å². The molecule has 0 spiro atoms. The van der Waals surface area contributed by atoms with Gasteiger partial charge in [0.2, 0.25) is 0 Å². The van der Waals surface area contributed by atoms with E-state index in [9.17, 15) is 4.79 Å². The smallest absolute Gasteiger partial charge is 0.354 e. The highest BCUT2D eigenvalue weighted by molar-refractivity contribution is 9.10. The van der Waals surface area contributed by atoms with Gasteiger partial charge in [0.1, 0.15) is 0 Å². The predicted octanol–water partition coefficient (Wildman–Crippen LogP) is 2.00. The summed E-state index contributed by atoms with van der Waals surface area (Å²) < 4.78 is 0.786. The molecule has 2 rings (SSSR count). The predicted molar refractivity (Wildman–Crippen MR) is 59.9 cm³/mol. The zero-order valence-electron chi connectivity index (χ0n) is 7.96. The highest BCUT2D eigenvalue weighted by atomic mass is 79.9. The van der Waals surface area contributed by atoms with Gasteiger partial charge in [0.25, 0.3) is 0 Å². The number of hydrogen-bond acceptors (Lipinski definition) is 4. The standard InChI is InChI=1S/C10H6BrN3O2/c11-7-3-6(4-12-5-7)9-13-2-1-8(14-9)10(15)16/h1-5H,(H,15,16). The van der Waals surface area contributed by atoms with Crippen LogP contribution in [0.3, 0.4) is 0 Å². The number of carbonyl (C=O) groups is 1. The van der Waals surface area contributed by atoms with Crippen LogP contribution in [0.4, 0.5) is 0 Å². The van der Waals surface area contributed by atoms with Crippen LogP contribution in [0.5, 0.6) is 0 Å². The van der Waals surface area contributed by atoms with Gasteiger partial charge in [0.05, 0.1) is 0 Å². The summed E-state index contributed by atoms with van der Waals surface area (Å²) in [5.41, 5.74) is 0.627. The molecule has 0 aliphatic rings. The van der Waals surface area contributed by atoms with Gasteiger partial charge in [0, 0.05) is 28.6 Å². The Morgan fingerprint density at radius 2 is 2.19 bits per heavy atom. The van der Waals surface area contributed by atoms with Crippen molar-refractivity contribution in [2.45, 2.75) is 0 Å². The summed E-state index contributed by atoms with van der Waals surface area (Å²) in [6.07, 6.45) is 4.61. The van der Waals surface area contributed by atoms with E-state index in [2.05, 4.69) is 30.9 Å². The molecular formula is C10H6BrN3O2. The second-order valence-corrected chi connectivity index (χ2v) is 3.88. The number of pyridine rings is 1. The average Bonchev–Trinajstić information content (AvgIpc) is 2.29. The molecule has 2 aromatic rings. The first-order valence-electron chi connectivity index (χ1n) is 4.34. The fourth-order valence-corrected chi connectivity index (χ4v) is 1.52. The number of carboxylic acids is 1. The molecule has 0 saturated carbocycles. The van der Waals surface area contributed by atoms with Gasteiger partial charge in [-0.1, -0.05) is 0 Å². The maximum atomic E-state index is 10.7. The minimum Gasteiger partial charge on any atom is -0.477 e. The van der Waals surface area contributed by atoms with Crippen LogP contribution >= 0.6 is 15.9 Å². The Hall–Kier alpha value is -1.82. The molecule has 0 atom stereocenters. The molecule has 0 aliphatic heterocycles. The second-order valence-electron chi connectivity index (χ2n) is 2.96. The van der Waals surface area contributed by atoms with E-state index in [0.29, 0.717) is 11.4 Å². The molecule has 5 nitrogen and oxygen atoms in total. The van der Waals surface area contributed by atoms with Gasteiger partial charge in [0.15, 0.2) is 11.5 Å². The highest BCUT2D eigenvalue weighted by Gasteiger charge is 2.08. The van der Waals surface area contributed by atoms with Crippen LogP contribution in [0.2, 0.25) is 0 Å². The molecule has 2 aromatic heterocycles. The molecule has 80 valence electrons. The van der Waals surface area contributed by atoms with Crippen molar-refractivity contribution in [1.82, 2.24) is 15.0 Å². The minimum absolute atomic E-state index is 0.0371. The average molecular weight is 280 g/mol. The zero-order valence-corrected chi connectivity index (χ0v) is 9.55. The van der Waals surface area contributed by atoms with Crippen LogP contribution < -0.4 is 0 Å². The van der Waals surface area contributed by atoms with Crippen molar-refractivity contribution >= 4 is 21.9 Å². The fourth-order valence-electron chi connectivity index (χ4n) is 1.15. The Kier molecular flexibility index (Phi) is 2.91. The lowest BCUT2D eigenvalue weighted by Crippen LogP contribution is -2.02. The molecule has 0 aliphatic carbocycles. The number of aromatic carboxylic acids is 1. The van der Waals surface area contributed by atoms with E-state index < -0.39 is 5.97 Å². The van der Waals surface area contributed by atoms with Crippen molar-refractivity contribution in [1.29, 1.82) is 0 Å². The number of carboxylic acid groups (broad SMARTS) is 1. The molecule has 0 bridgehead atoms. The molecule has 0 radical (unpaired) electrons. The summed E-state index contributed by atoms with van der Waals surface area (Å²) in [5.74, 6) is -0.736. The molecular weight excluding hydrogens is 274 g/mol. The molecule has 0 aromatic carbocycles. The molecule has 6 heteroatoms. The Labute approximate surface area is 99.3 Å². The van der Waals surface area contributed by atoms with Crippen LogP contribution in [-0.2, 0) is 0 Å². The highest BCUT2D eigenvalue weighted by Crippen LogP contribution is 2.17. The van der Waals surface area contributed by atoms with Gasteiger partial charge in [-0.15, -0.1) is 0 Å². The number of hydrogen-bond donors (Lipinski definition) is 1. The third-order valence-electron chi connectivity index (χ3n) is 1.84. The van der Waals surface area contributed by atoms with Gasteiger partial charge in [-0.05, 0) is 28.1 Å².